The number of carboxylic acid groups (broad SMARTS) is 1. The van der Waals surface area contributed by atoms with Gasteiger partial charge in [0.15, 0.2) is 11.6 Å². The van der Waals surface area contributed by atoms with Gasteiger partial charge in [-0.05, 0) is 30.4 Å². The Morgan fingerprint density at radius 3 is 2.82 bits per heavy atom. The summed E-state index contributed by atoms with van der Waals surface area (Å²) in [5.74, 6) is -0.194. The fourth-order valence-electron chi connectivity index (χ4n) is 3.73. The van der Waals surface area contributed by atoms with Gasteiger partial charge in [0.25, 0.3) is 0 Å². The highest BCUT2D eigenvalue weighted by Gasteiger charge is 2.26. The zero-order valence-corrected chi connectivity index (χ0v) is 15.4. The molecule has 1 N–H and O–H groups in total. The van der Waals surface area contributed by atoms with Crippen LogP contribution in [-0.4, -0.2) is 65.4 Å². The first-order valence-electron chi connectivity index (χ1n) is 9.37. The number of aromatic carboxylic acids is 1. The first-order valence-corrected chi connectivity index (χ1v) is 9.37. The van der Waals surface area contributed by atoms with Crippen molar-refractivity contribution in [3.8, 4) is 0 Å². The summed E-state index contributed by atoms with van der Waals surface area (Å²) in [6.45, 7) is 3.88. The van der Waals surface area contributed by atoms with Crippen molar-refractivity contribution in [1.82, 2.24) is 15.0 Å². The summed E-state index contributed by atoms with van der Waals surface area (Å²) in [6, 6.07) is 1.67. The Morgan fingerprint density at radius 2 is 2.04 bits per heavy atom. The number of hydrogen-bond donors (Lipinski definition) is 1. The molecule has 4 heterocycles. The van der Waals surface area contributed by atoms with Crippen LogP contribution in [0.25, 0.3) is 0 Å². The number of pyridine rings is 1. The molecule has 2 aromatic heterocycles. The van der Waals surface area contributed by atoms with E-state index in [2.05, 4.69) is 19.9 Å². The zero-order valence-electron chi connectivity index (χ0n) is 15.4. The Labute approximate surface area is 162 Å². The van der Waals surface area contributed by atoms with Crippen LogP contribution in [0.3, 0.4) is 0 Å². The topological polar surface area (TPSA) is 91.7 Å². The van der Waals surface area contributed by atoms with Crippen LogP contribution in [0.1, 0.15) is 22.3 Å². The molecule has 0 spiro atoms. The van der Waals surface area contributed by atoms with E-state index in [9.17, 15) is 9.18 Å². The van der Waals surface area contributed by atoms with E-state index in [1.165, 1.54) is 12.4 Å². The van der Waals surface area contributed by atoms with Crippen molar-refractivity contribution in [3.63, 3.8) is 0 Å². The van der Waals surface area contributed by atoms with E-state index in [0.29, 0.717) is 44.0 Å². The lowest BCUT2D eigenvalue weighted by Gasteiger charge is -2.28. The summed E-state index contributed by atoms with van der Waals surface area (Å²) in [5.41, 5.74) is 1.10. The number of ether oxygens (including phenoxy) is 1. The first kappa shape index (κ1) is 18.5. The van der Waals surface area contributed by atoms with Gasteiger partial charge in [-0.25, -0.2) is 14.2 Å². The molecule has 9 heteroatoms. The van der Waals surface area contributed by atoms with Crippen molar-refractivity contribution in [2.75, 3.05) is 49.2 Å². The molecule has 0 saturated carbocycles. The van der Waals surface area contributed by atoms with E-state index >= 15 is 0 Å². The van der Waals surface area contributed by atoms with Gasteiger partial charge in [-0.3, -0.25) is 4.98 Å². The Bertz CT molecular complexity index is 859. The highest BCUT2D eigenvalue weighted by atomic mass is 19.1. The minimum Gasteiger partial charge on any atom is -0.478 e. The standard InChI is InChI=1S/C19H22FN5O3/c20-16-11-22-19(23-17(16)24-3-5-28-6-4-24)25-2-1-13(12-25)7-14-8-15(18(26)27)10-21-9-14/h8-11,13H,1-7,12H2,(H,26,27). The third kappa shape index (κ3) is 4.04. The number of halogens is 1. The lowest BCUT2D eigenvalue weighted by atomic mass is 9.99. The number of rotatable bonds is 5. The van der Waals surface area contributed by atoms with E-state index in [1.54, 1.807) is 12.3 Å². The molecule has 2 fully saturated rings. The predicted octanol–water partition coefficient (Wildman–Crippen LogP) is 1.61. The van der Waals surface area contributed by atoms with Gasteiger partial charge in [-0.15, -0.1) is 0 Å². The molecule has 2 aromatic rings. The Morgan fingerprint density at radius 1 is 1.21 bits per heavy atom. The third-order valence-electron chi connectivity index (χ3n) is 5.16. The Kier molecular flexibility index (Phi) is 5.34. The number of aromatic nitrogens is 3. The Balaban J connectivity index is 1.44. The zero-order chi connectivity index (χ0) is 19.5. The van der Waals surface area contributed by atoms with Crippen LogP contribution in [0.2, 0.25) is 0 Å². The highest BCUT2D eigenvalue weighted by molar-refractivity contribution is 5.87. The van der Waals surface area contributed by atoms with Crippen LogP contribution in [-0.2, 0) is 11.2 Å². The molecule has 0 aromatic carbocycles. The number of anilines is 2. The van der Waals surface area contributed by atoms with Crippen LogP contribution in [0, 0.1) is 11.7 Å². The molecule has 0 radical (unpaired) electrons. The van der Waals surface area contributed by atoms with Gasteiger partial charge < -0.3 is 19.6 Å². The number of carbonyl (C=O) groups is 1. The van der Waals surface area contributed by atoms with Crippen LogP contribution < -0.4 is 9.80 Å². The average Bonchev–Trinajstić information content (AvgIpc) is 3.17. The summed E-state index contributed by atoms with van der Waals surface area (Å²) in [4.78, 5) is 27.7. The minimum atomic E-state index is -0.974. The smallest absolute Gasteiger partial charge is 0.337 e. The predicted molar refractivity (Wildman–Crippen MR) is 100 cm³/mol. The van der Waals surface area contributed by atoms with Crippen molar-refractivity contribution in [2.24, 2.45) is 5.92 Å². The second-order valence-corrected chi connectivity index (χ2v) is 7.13. The molecular weight excluding hydrogens is 365 g/mol. The number of carboxylic acids is 1. The van der Waals surface area contributed by atoms with Crippen molar-refractivity contribution in [3.05, 3.63) is 41.6 Å². The number of nitrogens with zero attached hydrogens (tertiary/aromatic N) is 5. The monoisotopic (exact) mass is 387 g/mol. The van der Waals surface area contributed by atoms with E-state index in [1.807, 2.05) is 4.90 Å². The van der Waals surface area contributed by atoms with E-state index in [4.69, 9.17) is 9.84 Å². The molecule has 0 amide bonds. The molecule has 148 valence electrons. The van der Waals surface area contributed by atoms with E-state index in [0.717, 1.165) is 31.5 Å². The molecule has 2 saturated heterocycles. The van der Waals surface area contributed by atoms with Gasteiger partial charge in [0.1, 0.15) is 0 Å². The lowest BCUT2D eigenvalue weighted by Crippen LogP contribution is -2.37. The normalized spacial score (nSPS) is 19.8. The fourth-order valence-corrected chi connectivity index (χ4v) is 3.73. The SMILES string of the molecule is O=C(O)c1cncc(CC2CCN(c3ncc(F)c(N4CCOCC4)n3)C2)c1. The highest BCUT2D eigenvalue weighted by Crippen LogP contribution is 2.26. The lowest BCUT2D eigenvalue weighted by molar-refractivity contribution is 0.0696. The minimum absolute atomic E-state index is 0.198. The molecule has 4 rings (SSSR count). The molecule has 0 bridgehead atoms. The van der Waals surface area contributed by atoms with Crippen LogP contribution >= 0.6 is 0 Å². The third-order valence-corrected chi connectivity index (χ3v) is 5.16. The van der Waals surface area contributed by atoms with Gasteiger partial charge in [0, 0.05) is 38.6 Å². The molecule has 8 nitrogen and oxygen atoms in total. The molecule has 0 aliphatic carbocycles. The van der Waals surface area contributed by atoms with Crippen molar-refractivity contribution >= 4 is 17.7 Å². The maximum absolute atomic E-state index is 14.2. The fraction of sp³-hybridized carbons (Fsp3) is 0.474. The van der Waals surface area contributed by atoms with Crippen LogP contribution in [0.15, 0.2) is 24.7 Å². The summed E-state index contributed by atoms with van der Waals surface area (Å²) >= 11 is 0. The number of morpholine rings is 1. The molecule has 2 aliphatic heterocycles. The first-order chi connectivity index (χ1) is 13.6. The van der Waals surface area contributed by atoms with Gasteiger partial charge in [0.2, 0.25) is 5.95 Å². The Hall–Kier alpha value is -2.81. The molecular formula is C19H22FN5O3. The van der Waals surface area contributed by atoms with E-state index in [-0.39, 0.29) is 5.56 Å². The largest absolute Gasteiger partial charge is 0.478 e. The second kappa shape index (κ2) is 8.05. The molecule has 28 heavy (non-hydrogen) atoms. The van der Waals surface area contributed by atoms with Crippen molar-refractivity contribution in [1.29, 1.82) is 0 Å². The maximum Gasteiger partial charge on any atom is 0.337 e. The van der Waals surface area contributed by atoms with Gasteiger partial charge in [0.05, 0.1) is 25.0 Å². The van der Waals surface area contributed by atoms with Crippen molar-refractivity contribution < 1.29 is 19.0 Å². The average molecular weight is 387 g/mol. The quantitative estimate of drug-likeness (QED) is 0.828. The molecule has 1 unspecified atom stereocenters. The van der Waals surface area contributed by atoms with Gasteiger partial charge in [-0.1, -0.05) is 0 Å². The maximum atomic E-state index is 14.2. The van der Waals surface area contributed by atoms with Gasteiger partial charge in [-0.2, -0.15) is 4.98 Å². The van der Waals surface area contributed by atoms with Crippen molar-refractivity contribution in [2.45, 2.75) is 12.8 Å². The second-order valence-electron chi connectivity index (χ2n) is 7.13. The number of hydrogen-bond acceptors (Lipinski definition) is 7. The molecule has 2 aliphatic rings. The summed E-state index contributed by atoms with van der Waals surface area (Å²) in [7, 11) is 0. The van der Waals surface area contributed by atoms with Crippen LogP contribution in [0.4, 0.5) is 16.2 Å². The van der Waals surface area contributed by atoms with Crippen LogP contribution in [0.5, 0.6) is 0 Å². The molecule has 1 atom stereocenters. The van der Waals surface area contributed by atoms with E-state index < -0.39 is 11.8 Å². The summed E-state index contributed by atoms with van der Waals surface area (Å²) in [5, 5.41) is 9.11. The summed E-state index contributed by atoms with van der Waals surface area (Å²) < 4.78 is 19.6. The summed E-state index contributed by atoms with van der Waals surface area (Å²) in [6.07, 6.45) is 5.97. The van der Waals surface area contributed by atoms with Gasteiger partial charge >= 0.3 is 5.97 Å².